The number of hydrogen-bond acceptors (Lipinski definition) is 4. The van der Waals surface area contributed by atoms with E-state index in [1.54, 1.807) is 14.0 Å². The van der Waals surface area contributed by atoms with E-state index >= 15 is 0 Å². The first kappa shape index (κ1) is 18.3. The molecule has 2 aromatic rings. The van der Waals surface area contributed by atoms with E-state index in [4.69, 9.17) is 9.47 Å². The molecule has 1 N–H and O–H groups in total. The molecule has 0 bridgehead atoms. The molecule has 0 saturated heterocycles. The first-order valence-electron chi connectivity index (χ1n) is 9.19. The molecule has 26 heavy (non-hydrogen) atoms. The SMILES string of the molecule is CCOC(=O)C1(NC(=O)Cn2ccc3cc(OC)ccc32)CCCCC1. The number of nitrogens with zero attached hydrogens (tertiary/aromatic N) is 1. The molecule has 0 unspecified atom stereocenters. The van der Waals surface area contributed by atoms with Gasteiger partial charge in [0.25, 0.3) is 0 Å². The van der Waals surface area contributed by atoms with Crippen LogP contribution in [0, 0.1) is 0 Å². The summed E-state index contributed by atoms with van der Waals surface area (Å²) in [7, 11) is 1.63. The van der Waals surface area contributed by atoms with Crippen molar-refractivity contribution in [2.45, 2.75) is 51.1 Å². The summed E-state index contributed by atoms with van der Waals surface area (Å²) >= 11 is 0. The number of rotatable bonds is 6. The van der Waals surface area contributed by atoms with Crippen LogP contribution in [0.25, 0.3) is 10.9 Å². The number of benzene rings is 1. The first-order chi connectivity index (χ1) is 12.6. The van der Waals surface area contributed by atoms with Crippen LogP contribution in [-0.2, 0) is 20.9 Å². The zero-order valence-corrected chi connectivity index (χ0v) is 15.4. The topological polar surface area (TPSA) is 69.6 Å². The van der Waals surface area contributed by atoms with Gasteiger partial charge >= 0.3 is 5.97 Å². The standard InChI is InChI=1S/C20H26N2O4/c1-3-26-19(24)20(10-5-4-6-11-20)21-18(23)14-22-12-9-15-13-16(25-2)7-8-17(15)22/h7-9,12-13H,3-6,10-11,14H2,1-2H3,(H,21,23). The summed E-state index contributed by atoms with van der Waals surface area (Å²) < 4.78 is 12.4. The maximum Gasteiger partial charge on any atom is 0.331 e. The average molecular weight is 358 g/mol. The zero-order chi connectivity index (χ0) is 18.6. The highest BCUT2D eigenvalue weighted by atomic mass is 16.5. The number of carbonyl (C=O) groups is 2. The van der Waals surface area contributed by atoms with E-state index in [2.05, 4.69) is 5.32 Å². The normalized spacial score (nSPS) is 16.2. The fraction of sp³-hybridized carbons (Fsp3) is 0.500. The van der Waals surface area contributed by atoms with Crippen molar-refractivity contribution < 1.29 is 19.1 Å². The van der Waals surface area contributed by atoms with Crippen LogP contribution in [-0.4, -0.2) is 35.7 Å². The van der Waals surface area contributed by atoms with Crippen molar-refractivity contribution in [1.29, 1.82) is 0 Å². The van der Waals surface area contributed by atoms with Crippen molar-refractivity contribution in [3.8, 4) is 5.75 Å². The summed E-state index contributed by atoms with van der Waals surface area (Å²) in [4.78, 5) is 25.2. The van der Waals surface area contributed by atoms with Crippen molar-refractivity contribution in [2.24, 2.45) is 0 Å². The summed E-state index contributed by atoms with van der Waals surface area (Å²) in [6.45, 7) is 2.27. The van der Waals surface area contributed by atoms with Crippen LogP contribution in [0.2, 0.25) is 0 Å². The molecule has 0 radical (unpaired) electrons. The predicted octanol–water partition coefficient (Wildman–Crippen LogP) is 3.03. The molecule has 0 atom stereocenters. The van der Waals surface area contributed by atoms with Crippen molar-refractivity contribution >= 4 is 22.8 Å². The molecule has 140 valence electrons. The lowest BCUT2D eigenvalue weighted by Crippen LogP contribution is -2.57. The van der Waals surface area contributed by atoms with E-state index < -0.39 is 5.54 Å². The molecule has 3 rings (SSSR count). The number of aromatic nitrogens is 1. The van der Waals surface area contributed by atoms with Gasteiger partial charge in [-0.3, -0.25) is 4.79 Å². The van der Waals surface area contributed by atoms with Crippen LogP contribution in [0.4, 0.5) is 0 Å². The van der Waals surface area contributed by atoms with Gasteiger partial charge in [0.1, 0.15) is 17.8 Å². The van der Waals surface area contributed by atoms with Gasteiger partial charge in [-0.1, -0.05) is 19.3 Å². The number of nitrogens with one attached hydrogen (secondary N) is 1. The molecular weight excluding hydrogens is 332 g/mol. The van der Waals surface area contributed by atoms with E-state index in [1.165, 1.54) is 0 Å². The smallest absolute Gasteiger partial charge is 0.331 e. The lowest BCUT2D eigenvalue weighted by atomic mass is 9.81. The molecule has 6 heteroatoms. The Labute approximate surface area is 153 Å². The third kappa shape index (κ3) is 3.69. The lowest BCUT2D eigenvalue weighted by Gasteiger charge is -2.35. The monoisotopic (exact) mass is 358 g/mol. The summed E-state index contributed by atoms with van der Waals surface area (Å²) in [5.41, 5.74) is 0.0760. The van der Waals surface area contributed by atoms with E-state index in [-0.39, 0.29) is 18.4 Å². The Morgan fingerprint density at radius 2 is 1.96 bits per heavy atom. The van der Waals surface area contributed by atoms with Crippen molar-refractivity contribution in [3.63, 3.8) is 0 Å². The summed E-state index contributed by atoms with van der Waals surface area (Å²) in [6.07, 6.45) is 6.09. The summed E-state index contributed by atoms with van der Waals surface area (Å²) in [5.74, 6) is 0.298. The fourth-order valence-corrected chi connectivity index (χ4v) is 3.71. The molecule has 1 amide bonds. The van der Waals surface area contributed by atoms with E-state index in [0.717, 1.165) is 35.9 Å². The van der Waals surface area contributed by atoms with Crippen molar-refractivity contribution in [1.82, 2.24) is 9.88 Å². The number of amides is 1. The van der Waals surface area contributed by atoms with Crippen LogP contribution in [0.5, 0.6) is 5.75 Å². The quantitative estimate of drug-likeness (QED) is 0.806. The second-order valence-electron chi connectivity index (χ2n) is 6.78. The van der Waals surface area contributed by atoms with Gasteiger partial charge in [0.05, 0.1) is 13.7 Å². The number of ether oxygens (including phenoxy) is 2. The number of hydrogen-bond donors (Lipinski definition) is 1. The van der Waals surface area contributed by atoms with Gasteiger partial charge in [0, 0.05) is 17.1 Å². The maximum absolute atomic E-state index is 12.7. The third-order valence-electron chi connectivity index (χ3n) is 5.04. The Morgan fingerprint density at radius 3 is 2.65 bits per heavy atom. The maximum atomic E-state index is 12.7. The molecule has 1 aliphatic carbocycles. The highest BCUT2D eigenvalue weighted by Gasteiger charge is 2.42. The van der Waals surface area contributed by atoms with E-state index in [1.807, 2.05) is 35.0 Å². The van der Waals surface area contributed by atoms with Gasteiger partial charge in [-0.25, -0.2) is 4.79 Å². The zero-order valence-electron chi connectivity index (χ0n) is 15.4. The van der Waals surface area contributed by atoms with E-state index in [0.29, 0.717) is 19.4 Å². The second kappa shape index (κ2) is 7.81. The van der Waals surface area contributed by atoms with Crippen LogP contribution in [0.15, 0.2) is 30.5 Å². The minimum absolute atomic E-state index is 0.164. The fourth-order valence-electron chi connectivity index (χ4n) is 3.71. The minimum atomic E-state index is -0.877. The number of carbonyl (C=O) groups excluding carboxylic acids is 2. The highest BCUT2D eigenvalue weighted by molar-refractivity contribution is 5.89. The Bertz CT molecular complexity index is 790. The molecule has 1 aliphatic rings. The summed E-state index contributed by atoms with van der Waals surface area (Å²) in [6, 6.07) is 7.69. The Hall–Kier alpha value is -2.50. The second-order valence-corrected chi connectivity index (χ2v) is 6.78. The summed E-state index contributed by atoms with van der Waals surface area (Å²) in [5, 5.41) is 3.99. The van der Waals surface area contributed by atoms with E-state index in [9.17, 15) is 9.59 Å². The molecule has 1 heterocycles. The Balaban J connectivity index is 1.75. The van der Waals surface area contributed by atoms with Gasteiger partial charge in [-0.15, -0.1) is 0 Å². The molecule has 1 saturated carbocycles. The van der Waals surface area contributed by atoms with Gasteiger partial charge in [-0.2, -0.15) is 0 Å². The molecule has 0 aliphatic heterocycles. The van der Waals surface area contributed by atoms with Gasteiger partial charge < -0.3 is 19.4 Å². The number of fused-ring (bicyclic) bond motifs is 1. The van der Waals surface area contributed by atoms with Crippen LogP contribution < -0.4 is 10.1 Å². The van der Waals surface area contributed by atoms with Crippen molar-refractivity contribution in [3.05, 3.63) is 30.5 Å². The highest BCUT2D eigenvalue weighted by Crippen LogP contribution is 2.30. The van der Waals surface area contributed by atoms with Crippen LogP contribution >= 0.6 is 0 Å². The molecule has 1 aromatic heterocycles. The lowest BCUT2D eigenvalue weighted by molar-refractivity contribution is -0.155. The predicted molar refractivity (Wildman–Crippen MR) is 99.1 cm³/mol. The number of methoxy groups -OCH3 is 1. The minimum Gasteiger partial charge on any atom is -0.497 e. The number of esters is 1. The molecule has 1 aromatic carbocycles. The molecular formula is C20H26N2O4. The van der Waals surface area contributed by atoms with Crippen LogP contribution in [0.3, 0.4) is 0 Å². The third-order valence-corrected chi connectivity index (χ3v) is 5.04. The first-order valence-corrected chi connectivity index (χ1v) is 9.19. The molecule has 0 spiro atoms. The van der Waals surface area contributed by atoms with Gasteiger partial charge in [0.2, 0.25) is 5.91 Å². The molecule has 1 fully saturated rings. The average Bonchev–Trinajstić information content (AvgIpc) is 3.04. The largest absolute Gasteiger partial charge is 0.497 e. The Morgan fingerprint density at radius 1 is 1.19 bits per heavy atom. The van der Waals surface area contributed by atoms with Crippen molar-refractivity contribution in [2.75, 3.05) is 13.7 Å². The van der Waals surface area contributed by atoms with Gasteiger partial charge in [-0.05, 0) is 44.0 Å². The molecule has 6 nitrogen and oxygen atoms in total. The van der Waals surface area contributed by atoms with Gasteiger partial charge in [0.15, 0.2) is 0 Å². The van der Waals surface area contributed by atoms with Crippen LogP contribution in [0.1, 0.15) is 39.0 Å². The Kier molecular flexibility index (Phi) is 5.49.